The lowest BCUT2D eigenvalue weighted by Gasteiger charge is -2.31. The fourth-order valence-corrected chi connectivity index (χ4v) is 4.55. The van der Waals surface area contributed by atoms with Crippen LogP contribution in [0.3, 0.4) is 0 Å². The lowest BCUT2D eigenvalue weighted by Crippen LogP contribution is -2.42. The highest BCUT2D eigenvalue weighted by molar-refractivity contribution is 7.09. The summed E-state index contributed by atoms with van der Waals surface area (Å²) in [4.78, 5) is 14.7. The number of nitrogens with one attached hydrogen (secondary N) is 2. The van der Waals surface area contributed by atoms with Gasteiger partial charge in [0.15, 0.2) is 11.7 Å². The summed E-state index contributed by atoms with van der Waals surface area (Å²) in [6.45, 7) is 6.00. The second kappa shape index (κ2) is 9.86. The summed E-state index contributed by atoms with van der Waals surface area (Å²) in [5.41, 5.74) is 0.298. The maximum Gasteiger partial charge on any atom is 0.434 e. The van der Waals surface area contributed by atoms with E-state index in [0.717, 1.165) is 66.4 Å². The van der Waals surface area contributed by atoms with Crippen molar-refractivity contribution in [2.24, 2.45) is 10.9 Å². The summed E-state index contributed by atoms with van der Waals surface area (Å²) in [6.07, 6.45) is -2.22. The zero-order valence-corrected chi connectivity index (χ0v) is 18.1. The summed E-state index contributed by atoms with van der Waals surface area (Å²) >= 11 is 2.68. The van der Waals surface area contributed by atoms with E-state index in [9.17, 15) is 13.2 Å². The van der Waals surface area contributed by atoms with Crippen molar-refractivity contribution in [3.05, 3.63) is 32.2 Å². The molecule has 1 saturated heterocycles. The molecule has 2 aromatic rings. The van der Waals surface area contributed by atoms with Crippen molar-refractivity contribution in [3.8, 4) is 0 Å². The third kappa shape index (κ3) is 6.65. The Labute approximate surface area is 176 Å². The van der Waals surface area contributed by atoms with E-state index < -0.39 is 11.9 Å². The van der Waals surface area contributed by atoms with Crippen LogP contribution in [0.25, 0.3) is 0 Å². The van der Waals surface area contributed by atoms with E-state index in [1.807, 2.05) is 6.92 Å². The number of hydrogen-bond donors (Lipinski definition) is 2. The molecule has 2 aromatic heterocycles. The van der Waals surface area contributed by atoms with E-state index in [2.05, 4.69) is 35.9 Å². The fraction of sp³-hybridized carbons (Fsp3) is 0.611. The third-order valence-electron chi connectivity index (χ3n) is 4.79. The van der Waals surface area contributed by atoms with Gasteiger partial charge in [-0.2, -0.15) is 13.2 Å². The van der Waals surface area contributed by atoms with Gasteiger partial charge in [-0.15, -0.1) is 22.7 Å². The Morgan fingerprint density at radius 1 is 1.21 bits per heavy atom. The molecule has 0 spiro atoms. The van der Waals surface area contributed by atoms with Crippen molar-refractivity contribution in [2.45, 2.75) is 39.0 Å². The summed E-state index contributed by atoms with van der Waals surface area (Å²) < 4.78 is 37.9. The number of rotatable bonds is 6. The molecule has 0 saturated carbocycles. The number of halogens is 3. The molecule has 160 valence electrons. The second-order valence-corrected chi connectivity index (χ2v) is 9.01. The third-order valence-corrected chi connectivity index (χ3v) is 6.46. The highest BCUT2D eigenvalue weighted by Gasteiger charge is 2.33. The number of piperidine rings is 1. The molecule has 0 radical (unpaired) electrons. The zero-order valence-electron chi connectivity index (χ0n) is 16.4. The lowest BCUT2D eigenvalue weighted by atomic mass is 9.97. The quantitative estimate of drug-likeness (QED) is 0.525. The summed E-state index contributed by atoms with van der Waals surface area (Å²) in [7, 11) is 1.65. The zero-order chi connectivity index (χ0) is 20.9. The van der Waals surface area contributed by atoms with Crippen LogP contribution in [0, 0.1) is 12.8 Å². The van der Waals surface area contributed by atoms with Crippen LogP contribution < -0.4 is 10.6 Å². The standard InChI is InChI=1S/C18H25F3N6S2/c1-12-25-14(10-28-12)9-27-5-3-13(4-6-27)7-23-17(22-2)24-8-16-26-15(11-29-16)18(19,20)21/h10-11,13H,3-9H2,1-2H3,(H2,22,23,24). The highest BCUT2D eigenvalue weighted by atomic mass is 32.1. The number of thiazole rings is 2. The van der Waals surface area contributed by atoms with Gasteiger partial charge in [0, 0.05) is 30.9 Å². The first-order valence-electron chi connectivity index (χ1n) is 9.43. The Balaban J connectivity index is 1.37. The first-order valence-corrected chi connectivity index (χ1v) is 11.2. The predicted molar refractivity (Wildman–Crippen MR) is 110 cm³/mol. The van der Waals surface area contributed by atoms with Gasteiger partial charge in [-0.3, -0.25) is 9.89 Å². The molecule has 0 atom stereocenters. The molecular formula is C18H25F3N6S2. The van der Waals surface area contributed by atoms with Crippen LogP contribution in [0.5, 0.6) is 0 Å². The predicted octanol–water partition coefficient (Wildman–Crippen LogP) is 3.50. The molecule has 29 heavy (non-hydrogen) atoms. The fourth-order valence-electron chi connectivity index (χ4n) is 3.20. The van der Waals surface area contributed by atoms with Gasteiger partial charge in [-0.05, 0) is 38.8 Å². The first kappa shape index (κ1) is 22.0. The average molecular weight is 447 g/mol. The van der Waals surface area contributed by atoms with E-state index in [-0.39, 0.29) is 6.54 Å². The normalized spacial score (nSPS) is 16.9. The van der Waals surface area contributed by atoms with Gasteiger partial charge < -0.3 is 10.6 Å². The van der Waals surface area contributed by atoms with Crippen molar-refractivity contribution in [3.63, 3.8) is 0 Å². The Hall–Kier alpha value is -1.72. The minimum Gasteiger partial charge on any atom is -0.356 e. The molecule has 0 aromatic carbocycles. The van der Waals surface area contributed by atoms with E-state index in [4.69, 9.17) is 0 Å². The minimum atomic E-state index is -4.40. The molecular weight excluding hydrogens is 421 g/mol. The van der Waals surface area contributed by atoms with Gasteiger partial charge in [0.1, 0.15) is 5.01 Å². The molecule has 6 nitrogen and oxygen atoms in total. The minimum absolute atomic E-state index is 0.214. The number of guanidine groups is 1. The van der Waals surface area contributed by atoms with Crippen molar-refractivity contribution < 1.29 is 13.2 Å². The number of likely N-dealkylation sites (tertiary alicyclic amines) is 1. The van der Waals surface area contributed by atoms with E-state index in [1.54, 1.807) is 18.4 Å². The van der Waals surface area contributed by atoms with Gasteiger partial charge >= 0.3 is 6.18 Å². The SMILES string of the molecule is CN=C(NCc1nc(C(F)(F)F)cs1)NCC1CCN(Cc2csc(C)n2)CC1. The summed E-state index contributed by atoms with van der Waals surface area (Å²) in [5.74, 6) is 1.12. The van der Waals surface area contributed by atoms with E-state index >= 15 is 0 Å². The summed E-state index contributed by atoms with van der Waals surface area (Å²) in [5, 5.41) is 11.0. The van der Waals surface area contributed by atoms with Gasteiger partial charge in [-0.1, -0.05) is 0 Å². The van der Waals surface area contributed by atoms with Crippen LogP contribution in [0.2, 0.25) is 0 Å². The Bertz CT molecular complexity index is 809. The number of aromatic nitrogens is 2. The molecule has 0 amide bonds. The van der Waals surface area contributed by atoms with Crippen LogP contribution in [0.15, 0.2) is 15.8 Å². The van der Waals surface area contributed by atoms with Crippen LogP contribution in [-0.4, -0.2) is 47.5 Å². The van der Waals surface area contributed by atoms with Crippen LogP contribution >= 0.6 is 22.7 Å². The van der Waals surface area contributed by atoms with Crippen molar-refractivity contribution >= 4 is 28.6 Å². The largest absolute Gasteiger partial charge is 0.434 e. The Morgan fingerprint density at radius 2 is 1.97 bits per heavy atom. The second-order valence-electron chi connectivity index (χ2n) is 7.01. The smallest absolute Gasteiger partial charge is 0.356 e. The molecule has 3 heterocycles. The number of hydrogen-bond acceptors (Lipinski definition) is 6. The number of aliphatic imine (C=N–C) groups is 1. The van der Waals surface area contributed by atoms with Crippen LogP contribution in [-0.2, 0) is 19.3 Å². The van der Waals surface area contributed by atoms with Crippen molar-refractivity contribution in [2.75, 3.05) is 26.7 Å². The maximum absolute atomic E-state index is 12.6. The molecule has 1 fully saturated rings. The Kier molecular flexibility index (Phi) is 7.47. The molecule has 0 unspecified atom stereocenters. The van der Waals surface area contributed by atoms with Gasteiger partial charge in [0.05, 0.1) is 17.2 Å². The molecule has 1 aliphatic rings. The summed E-state index contributed by atoms with van der Waals surface area (Å²) in [6, 6.07) is 0. The first-order chi connectivity index (χ1) is 13.8. The molecule has 3 rings (SSSR count). The van der Waals surface area contributed by atoms with Crippen LogP contribution in [0.1, 0.15) is 34.2 Å². The molecule has 11 heteroatoms. The lowest BCUT2D eigenvalue weighted by molar-refractivity contribution is -0.140. The monoisotopic (exact) mass is 446 g/mol. The topological polar surface area (TPSA) is 65.4 Å². The molecule has 0 bridgehead atoms. The molecule has 2 N–H and O–H groups in total. The number of alkyl halides is 3. The van der Waals surface area contributed by atoms with Crippen molar-refractivity contribution in [1.29, 1.82) is 0 Å². The number of nitrogens with zero attached hydrogens (tertiary/aromatic N) is 4. The van der Waals surface area contributed by atoms with Crippen LogP contribution in [0.4, 0.5) is 13.2 Å². The molecule has 0 aliphatic carbocycles. The van der Waals surface area contributed by atoms with E-state index in [1.165, 1.54) is 0 Å². The average Bonchev–Trinajstić information content (AvgIpc) is 3.32. The van der Waals surface area contributed by atoms with Gasteiger partial charge in [0.25, 0.3) is 0 Å². The Morgan fingerprint density at radius 3 is 2.55 bits per heavy atom. The van der Waals surface area contributed by atoms with Gasteiger partial charge in [-0.25, -0.2) is 9.97 Å². The maximum atomic E-state index is 12.6. The van der Waals surface area contributed by atoms with Crippen molar-refractivity contribution in [1.82, 2.24) is 25.5 Å². The van der Waals surface area contributed by atoms with Gasteiger partial charge in [0.2, 0.25) is 0 Å². The highest BCUT2D eigenvalue weighted by Crippen LogP contribution is 2.29. The van der Waals surface area contributed by atoms with E-state index in [0.29, 0.717) is 16.9 Å². The molecule has 1 aliphatic heterocycles. The number of aryl methyl sites for hydroxylation is 1.